The van der Waals surface area contributed by atoms with Gasteiger partial charge in [-0.1, -0.05) is 0 Å². The number of aliphatic carboxylic acids is 1. The molecule has 2 atom stereocenters. The van der Waals surface area contributed by atoms with Crippen LogP contribution in [0.25, 0.3) is 0 Å². The number of carboxylic acids is 1. The Bertz CT molecular complexity index is 540. The van der Waals surface area contributed by atoms with Gasteiger partial charge in [-0.25, -0.2) is 0 Å². The van der Waals surface area contributed by atoms with Gasteiger partial charge in [0.2, 0.25) is 0 Å². The molecule has 2 rings (SSSR count). The van der Waals surface area contributed by atoms with Gasteiger partial charge in [-0.3, -0.25) is 9.59 Å². The summed E-state index contributed by atoms with van der Waals surface area (Å²) < 4.78 is 5.52. The zero-order chi connectivity index (χ0) is 16.3. The Morgan fingerprint density at radius 2 is 1.91 bits per heavy atom. The van der Waals surface area contributed by atoms with Gasteiger partial charge >= 0.3 is 5.97 Å². The van der Waals surface area contributed by atoms with Crippen molar-refractivity contribution in [2.24, 2.45) is 5.92 Å². The maximum atomic E-state index is 12.4. The fourth-order valence-corrected chi connectivity index (χ4v) is 2.53. The highest BCUT2D eigenvalue weighted by molar-refractivity contribution is 5.94. The summed E-state index contributed by atoms with van der Waals surface area (Å²) in [6.45, 7) is 4.22. The highest BCUT2D eigenvalue weighted by atomic mass is 16.5. The number of likely N-dealkylation sites (tertiary alicyclic amines) is 1. The van der Waals surface area contributed by atoms with Gasteiger partial charge in [0.25, 0.3) is 5.91 Å². The van der Waals surface area contributed by atoms with Gasteiger partial charge in [-0.05, 0) is 44.5 Å². The fourth-order valence-electron chi connectivity index (χ4n) is 2.53. The van der Waals surface area contributed by atoms with Crippen LogP contribution in [0.1, 0.15) is 30.6 Å². The number of rotatable bonds is 4. The molecule has 1 fully saturated rings. The molecule has 22 heavy (non-hydrogen) atoms. The third kappa shape index (κ3) is 3.76. The van der Waals surface area contributed by atoms with Crippen molar-refractivity contribution in [3.8, 4) is 5.75 Å². The lowest BCUT2D eigenvalue weighted by Gasteiger charge is -2.34. The molecule has 120 valence electrons. The summed E-state index contributed by atoms with van der Waals surface area (Å²) in [6, 6.07) is 6.81. The topological polar surface area (TPSA) is 87.1 Å². The molecule has 2 N–H and O–H groups in total. The molecule has 0 spiro atoms. The van der Waals surface area contributed by atoms with E-state index in [0.29, 0.717) is 17.9 Å². The van der Waals surface area contributed by atoms with Crippen molar-refractivity contribution in [3.63, 3.8) is 0 Å². The number of carbonyl (C=O) groups is 2. The molecule has 0 saturated carbocycles. The van der Waals surface area contributed by atoms with Crippen LogP contribution < -0.4 is 4.74 Å². The molecule has 1 aliphatic rings. The van der Waals surface area contributed by atoms with Gasteiger partial charge in [0.1, 0.15) is 5.75 Å². The van der Waals surface area contributed by atoms with Crippen LogP contribution in [-0.4, -0.2) is 52.3 Å². The minimum absolute atomic E-state index is 0.0417. The van der Waals surface area contributed by atoms with Gasteiger partial charge in [0.15, 0.2) is 0 Å². The number of amides is 1. The van der Waals surface area contributed by atoms with Crippen molar-refractivity contribution in [1.29, 1.82) is 0 Å². The van der Waals surface area contributed by atoms with E-state index in [2.05, 4.69) is 0 Å². The second-order valence-electron chi connectivity index (χ2n) is 5.74. The first kappa shape index (κ1) is 16.3. The molecule has 1 aromatic carbocycles. The SMILES string of the molecule is CC(C)Oc1ccc(C(=O)N2CC[C@H](C(=O)O)[C@H](O)C2)cc1. The molecule has 0 unspecified atom stereocenters. The van der Waals surface area contributed by atoms with Crippen LogP contribution in [0.3, 0.4) is 0 Å². The number of aliphatic hydroxyl groups is 1. The Morgan fingerprint density at radius 1 is 1.27 bits per heavy atom. The number of hydrogen-bond acceptors (Lipinski definition) is 4. The van der Waals surface area contributed by atoms with E-state index in [1.54, 1.807) is 24.3 Å². The van der Waals surface area contributed by atoms with Gasteiger partial charge in [0.05, 0.1) is 18.1 Å². The lowest BCUT2D eigenvalue weighted by atomic mass is 9.93. The molecule has 0 radical (unpaired) electrons. The largest absolute Gasteiger partial charge is 0.491 e. The third-order valence-corrected chi connectivity index (χ3v) is 3.66. The van der Waals surface area contributed by atoms with E-state index >= 15 is 0 Å². The molecule has 6 heteroatoms. The zero-order valence-electron chi connectivity index (χ0n) is 12.7. The van der Waals surface area contributed by atoms with Crippen molar-refractivity contribution in [2.45, 2.75) is 32.5 Å². The van der Waals surface area contributed by atoms with Crippen LogP contribution in [0.15, 0.2) is 24.3 Å². The normalized spacial score (nSPS) is 21.7. The fraction of sp³-hybridized carbons (Fsp3) is 0.500. The van der Waals surface area contributed by atoms with Crippen LogP contribution in [-0.2, 0) is 4.79 Å². The Kier molecular flexibility index (Phi) is 5.03. The molecule has 0 aliphatic carbocycles. The smallest absolute Gasteiger partial charge is 0.309 e. The van der Waals surface area contributed by atoms with Crippen LogP contribution >= 0.6 is 0 Å². The Hall–Kier alpha value is -2.08. The number of piperidine rings is 1. The maximum Gasteiger partial charge on any atom is 0.309 e. The average molecular weight is 307 g/mol. The number of benzene rings is 1. The second kappa shape index (κ2) is 6.79. The Labute approximate surface area is 129 Å². The summed E-state index contributed by atoms with van der Waals surface area (Å²) in [4.78, 5) is 24.8. The molecular weight excluding hydrogens is 286 g/mol. The number of β-amino-alcohol motifs (C(OH)–C–C–N with tert-alkyl or cyclic N) is 1. The van der Waals surface area contributed by atoms with Gasteiger partial charge in [-0.15, -0.1) is 0 Å². The summed E-state index contributed by atoms with van der Waals surface area (Å²) in [5.74, 6) is -1.34. The molecule has 6 nitrogen and oxygen atoms in total. The number of ether oxygens (including phenoxy) is 1. The summed E-state index contributed by atoms with van der Waals surface area (Å²) in [5.41, 5.74) is 0.497. The van der Waals surface area contributed by atoms with Crippen molar-refractivity contribution in [2.75, 3.05) is 13.1 Å². The number of hydrogen-bond donors (Lipinski definition) is 2. The van der Waals surface area contributed by atoms with Crippen LogP contribution in [0.5, 0.6) is 5.75 Å². The molecule has 0 bridgehead atoms. The minimum Gasteiger partial charge on any atom is -0.491 e. The van der Waals surface area contributed by atoms with Gasteiger partial charge in [-0.2, -0.15) is 0 Å². The number of carbonyl (C=O) groups excluding carboxylic acids is 1. The second-order valence-corrected chi connectivity index (χ2v) is 5.74. The van der Waals surface area contributed by atoms with E-state index in [9.17, 15) is 14.7 Å². The lowest BCUT2D eigenvalue weighted by molar-refractivity contribution is -0.148. The Balaban J connectivity index is 2.01. The van der Waals surface area contributed by atoms with Gasteiger partial charge < -0.3 is 19.8 Å². The molecule has 1 saturated heterocycles. The van der Waals surface area contributed by atoms with Crippen molar-refractivity contribution >= 4 is 11.9 Å². The summed E-state index contributed by atoms with van der Waals surface area (Å²) >= 11 is 0. The Morgan fingerprint density at radius 3 is 2.41 bits per heavy atom. The summed E-state index contributed by atoms with van der Waals surface area (Å²) in [7, 11) is 0. The van der Waals surface area contributed by atoms with E-state index in [1.165, 1.54) is 4.90 Å². The first-order valence-corrected chi connectivity index (χ1v) is 7.35. The molecule has 1 aromatic rings. The quantitative estimate of drug-likeness (QED) is 0.877. The van der Waals surface area contributed by atoms with E-state index < -0.39 is 18.0 Å². The minimum atomic E-state index is -1.03. The maximum absolute atomic E-state index is 12.4. The van der Waals surface area contributed by atoms with E-state index in [0.717, 1.165) is 0 Å². The standard InChI is InChI=1S/C16H21NO5/c1-10(2)22-12-5-3-11(4-6-12)15(19)17-8-7-13(16(20)21)14(18)9-17/h3-6,10,13-14,18H,7-9H2,1-2H3,(H,20,21)/t13-,14+/m0/s1. The van der Waals surface area contributed by atoms with E-state index in [-0.39, 0.29) is 25.0 Å². The van der Waals surface area contributed by atoms with Crippen molar-refractivity contribution in [3.05, 3.63) is 29.8 Å². The number of aliphatic hydroxyl groups excluding tert-OH is 1. The van der Waals surface area contributed by atoms with E-state index in [1.807, 2.05) is 13.8 Å². The summed E-state index contributed by atoms with van der Waals surface area (Å²) in [5, 5.41) is 18.8. The zero-order valence-corrected chi connectivity index (χ0v) is 12.7. The molecule has 0 aromatic heterocycles. The van der Waals surface area contributed by atoms with Crippen LogP contribution in [0, 0.1) is 5.92 Å². The number of nitrogens with zero attached hydrogens (tertiary/aromatic N) is 1. The van der Waals surface area contributed by atoms with Crippen molar-refractivity contribution in [1.82, 2.24) is 4.90 Å². The lowest BCUT2D eigenvalue weighted by Crippen LogP contribution is -2.48. The monoisotopic (exact) mass is 307 g/mol. The molecule has 1 heterocycles. The highest BCUT2D eigenvalue weighted by Crippen LogP contribution is 2.21. The molecular formula is C16H21NO5. The molecule has 1 aliphatic heterocycles. The predicted octanol–water partition coefficient (Wildman–Crippen LogP) is 1.38. The highest BCUT2D eigenvalue weighted by Gasteiger charge is 2.34. The first-order chi connectivity index (χ1) is 10.4. The predicted molar refractivity (Wildman–Crippen MR) is 79.9 cm³/mol. The average Bonchev–Trinajstić information content (AvgIpc) is 2.46. The van der Waals surface area contributed by atoms with E-state index in [4.69, 9.17) is 9.84 Å². The third-order valence-electron chi connectivity index (χ3n) is 3.66. The summed E-state index contributed by atoms with van der Waals surface area (Å²) in [6.07, 6.45) is -0.706. The van der Waals surface area contributed by atoms with Gasteiger partial charge in [0, 0.05) is 18.7 Å². The van der Waals surface area contributed by atoms with Crippen LogP contribution in [0.2, 0.25) is 0 Å². The number of carboxylic acid groups (broad SMARTS) is 1. The van der Waals surface area contributed by atoms with Crippen LogP contribution in [0.4, 0.5) is 0 Å². The molecule has 1 amide bonds. The van der Waals surface area contributed by atoms with Crippen molar-refractivity contribution < 1.29 is 24.5 Å². The first-order valence-electron chi connectivity index (χ1n) is 7.35.